The van der Waals surface area contributed by atoms with E-state index >= 15 is 0 Å². The van der Waals surface area contributed by atoms with Crippen LogP contribution in [0.2, 0.25) is 0 Å². The Morgan fingerprint density at radius 3 is 2.62 bits per heavy atom. The monoisotopic (exact) mass is 364 g/mol. The smallest absolute Gasteiger partial charge is 0.252 e. The van der Waals surface area contributed by atoms with E-state index in [4.69, 9.17) is 0 Å². The van der Waals surface area contributed by atoms with Crippen molar-refractivity contribution in [1.82, 2.24) is 24.7 Å². The molecule has 1 aliphatic rings. The molecule has 1 amide bonds. The zero-order valence-corrected chi connectivity index (χ0v) is 16.7. The molecule has 0 aliphatic carbocycles. The number of rotatable bonds is 8. The van der Waals surface area contributed by atoms with Gasteiger partial charge in [-0.05, 0) is 26.6 Å². The molecule has 0 bridgehead atoms. The Kier molecular flexibility index (Phi) is 7.16. The highest BCUT2D eigenvalue weighted by Gasteiger charge is 2.29. The van der Waals surface area contributed by atoms with Gasteiger partial charge in [-0.3, -0.25) is 24.4 Å². The Hall–Kier alpha value is -1.93. The van der Waals surface area contributed by atoms with Crippen LogP contribution in [0.15, 0.2) is 10.9 Å². The molecule has 1 N–H and O–H groups in total. The number of aromatic nitrogens is 2. The van der Waals surface area contributed by atoms with E-state index in [1.54, 1.807) is 11.0 Å². The molecule has 1 saturated heterocycles. The molecule has 1 atom stereocenters. The highest BCUT2D eigenvalue weighted by molar-refractivity contribution is 5.78. The van der Waals surface area contributed by atoms with E-state index < -0.39 is 0 Å². The molecule has 146 valence electrons. The fraction of sp³-hybridized carbons (Fsp3) is 0.722. The van der Waals surface area contributed by atoms with E-state index in [-0.39, 0.29) is 11.5 Å². The van der Waals surface area contributed by atoms with Crippen molar-refractivity contribution < 1.29 is 4.79 Å². The SMILES string of the molecule is CCN(CC)CC(=O)N1CC[C@H](N(C)Cc2cc(=O)[nH]c(N(C)C)n2)C1. The number of hydrogen-bond donors (Lipinski definition) is 1. The molecule has 8 nitrogen and oxygen atoms in total. The summed E-state index contributed by atoms with van der Waals surface area (Å²) < 4.78 is 0. The number of aromatic amines is 1. The predicted molar refractivity (Wildman–Crippen MR) is 103 cm³/mol. The van der Waals surface area contributed by atoms with Gasteiger partial charge in [0.25, 0.3) is 5.56 Å². The highest BCUT2D eigenvalue weighted by atomic mass is 16.2. The normalized spacial score (nSPS) is 17.3. The summed E-state index contributed by atoms with van der Waals surface area (Å²) in [6, 6.07) is 1.83. The number of amides is 1. The second kappa shape index (κ2) is 9.14. The number of anilines is 1. The van der Waals surface area contributed by atoms with Crippen molar-refractivity contribution in [2.45, 2.75) is 32.9 Å². The van der Waals surface area contributed by atoms with Crippen molar-refractivity contribution in [3.63, 3.8) is 0 Å². The molecule has 1 fully saturated rings. The van der Waals surface area contributed by atoms with Gasteiger partial charge in [0.1, 0.15) is 0 Å². The Morgan fingerprint density at radius 2 is 2.00 bits per heavy atom. The molecular weight excluding hydrogens is 332 g/mol. The quantitative estimate of drug-likeness (QED) is 0.711. The standard InChI is InChI=1S/C18H32N6O2/c1-6-23(7-2)13-17(26)24-9-8-15(12-24)22(5)11-14-10-16(25)20-18(19-14)21(3)4/h10,15H,6-9,11-13H2,1-5H3,(H,19,20,25)/t15-/m0/s1. The average molecular weight is 364 g/mol. The summed E-state index contributed by atoms with van der Waals surface area (Å²) in [6.45, 7) is 8.55. The van der Waals surface area contributed by atoms with Gasteiger partial charge in [-0.25, -0.2) is 4.98 Å². The van der Waals surface area contributed by atoms with Crippen LogP contribution in [0.3, 0.4) is 0 Å². The fourth-order valence-corrected chi connectivity index (χ4v) is 3.24. The maximum Gasteiger partial charge on any atom is 0.252 e. The van der Waals surface area contributed by atoms with Crippen LogP contribution in [-0.4, -0.2) is 90.5 Å². The molecular formula is C18H32N6O2. The van der Waals surface area contributed by atoms with Gasteiger partial charge in [0.05, 0.1) is 12.2 Å². The minimum atomic E-state index is -0.144. The number of H-pyrrole nitrogens is 1. The Labute approximate surface area is 155 Å². The molecule has 2 rings (SSSR count). The maximum absolute atomic E-state index is 12.5. The topological polar surface area (TPSA) is 75.8 Å². The average Bonchev–Trinajstić information content (AvgIpc) is 3.09. The summed E-state index contributed by atoms with van der Waals surface area (Å²) >= 11 is 0. The van der Waals surface area contributed by atoms with Crippen LogP contribution in [-0.2, 0) is 11.3 Å². The molecule has 1 aromatic heterocycles. The number of carbonyl (C=O) groups is 1. The van der Waals surface area contributed by atoms with Crippen LogP contribution in [0.4, 0.5) is 5.95 Å². The van der Waals surface area contributed by atoms with Gasteiger partial charge in [-0.2, -0.15) is 0 Å². The minimum absolute atomic E-state index is 0.144. The number of nitrogens with zero attached hydrogens (tertiary/aromatic N) is 5. The predicted octanol–water partition coefficient (Wildman–Crippen LogP) is 0.210. The second-order valence-corrected chi connectivity index (χ2v) is 7.11. The number of nitrogens with one attached hydrogen (secondary N) is 1. The third kappa shape index (κ3) is 5.28. The van der Waals surface area contributed by atoms with Gasteiger partial charge in [0, 0.05) is 45.8 Å². The minimum Gasteiger partial charge on any atom is -0.348 e. The first-order valence-electron chi connectivity index (χ1n) is 9.32. The van der Waals surface area contributed by atoms with E-state index in [2.05, 4.69) is 33.6 Å². The maximum atomic E-state index is 12.5. The Balaban J connectivity index is 1.94. The molecule has 0 radical (unpaired) electrons. The molecule has 0 saturated carbocycles. The van der Waals surface area contributed by atoms with Gasteiger partial charge in [0.15, 0.2) is 0 Å². The third-order valence-electron chi connectivity index (χ3n) is 5.01. The zero-order chi connectivity index (χ0) is 19.3. The lowest BCUT2D eigenvalue weighted by molar-refractivity contribution is -0.131. The number of likely N-dealkylation sites (N-methyl/N-ethyl adjacent to an activating group) is 2. The van der Waals surface area contributed by atoms with E-state index in [0.29, 0.717) is 25.1 Å². The number of hydrogen-bond acceptors (Lipinski definition) is 6. The summed E-state index contributed by atoms with van der Waals surface area (Å²) in [5.41, 5.74) is 0.599. The molecule has 26 heavy (non-hydrogen) atoms. The van der Waals surface area contributed by atoms with Gasteiger partial charge in [-0.15, -0.1) is 0 Å². The first-order chi connectivity index (χ1) is 12.3. The lowest BCUT2D eigenvalue weighted by Crippen LogP contribution is -2.41. The summed E-state index contributed by atoms with van der Waals surface area (Å²) in [5, 5.41) is 0. The van der Waals surface area contributed by atoms with Crippen molar-refractivity contribution in [2.75, 3.05) is 58.8 Å². The van der Waals surface area contributed by atoms with Crippen molar-refractivity contribution in [3.8, 4) is 0 Å². The lowest BCUT2D eigenvalue weighted by Gasteiger charge is -2.26. The fourth-order valence-electron chi connectivity index (χ4n) is 3.24. The molecule has 0 aromatic carbocycles. The summed E-state index contributed by atoms with van der Waals surface area (Å²) in [7, 11) is 5.73. The van der Waals surface area contributed by atoms with Gasteiger partial charge >= 0.3 is 0 Å². The van der Waals surface area contributed by atoms with E-state index in [1.165, 1.54) is 0 Å². The van der Waals surface area contributed by atoms with Crippen LogP contribution in [0.25, 0.3) is 0 Å². The summed E-state index contributed by atoms with van der Waals surface area (Å²) in [6.07, 6.45) is 0.949. The molecule has 0 spiro atoms. The third-order valence-corrected chi connectivity index (χ3v) is 5.01. The molecule has 8 heteroatoms. The number of likely N-dealkylation sites (tertiary alicyclic amines) is 1. The summed E-state index contributed by atoms with van der Waals surface area (Å²) in [4.78, 5) is 39.6. The Bertz CT molecular complexity index is 655. The van der Waals surface area contributed by atoms with E-state index in [9.17, 15) is 9.59 Å². The molecule has 1 aliphatic heterocycles. The summed E-state index contributed by atoms with van der Waals surface area (Å²) in [5.74, 6) is 0.761. The Morgan fingerprint density at radius 1 is 1.31 bits per heavy atom. The van der Waals surface area contributed by atoms with Crippen molar-refractivity contribution >= 4 is 11.9 Å². The lowest BCUT2D eigenvalue weighted by atomic mass is 10.2. The van der Waals surface area contributed by atoms with E-state index in [0.717, 1.165) is 38.3 Å². The van der Waals surface area contributed by atoms with Crippen LogP contribution in [0.1, 0.15) is 26.0 Å². The van der Waals surface area contributed by atoms with Gasteiger partial charge in [0.2, 0.25) is 11.9 Å². The van der Waals surface area contributed by atoms with Crippen molar-refractivity contribution in [1.29, 1.82) is 0 Å². The molecule has 1 aromatic rings. The molecule has 0 unspecified atom stereocenters. The highest BCUT2D eigenvalue weighted by Crippen LogP contribution is 2.17. The van der Waals surface area contributed by atoms with Crippen molar-refractivity contribution in [2.24, 2.45) is 0 Å². The molecule has 2 heterocycles. The van der Waals surface area contributed by atoms with Crippen LogP contribution in [0.5, 0.6) is 0 Å². The second-order valence-electron chi connectivity index (χ2n) is 7.11. The van der Waals surface area contributed by atoms with Gasteiger partial charge < -0.3 is 9.80 Å². The first-order valence-corrected chi connectivity index (χ1v) is 9.32. The first kappa shape index (κ1) is 20.4. The van der Waals surface area contributed by atoms with Crippen molar-refractivity contribution in [3.05, 3.63) is 22.1 Å². The van der Waals surface area contributed by atoms with E-state index in [1.807, 2.05) is 26.0 Å². The largest absolute Gasteiger partial charge is 0.348 e. The van der Waals surface area contributed by atoms with Crippen LogP contribution >= 0.6 is 0 Å². The van der Waals surface area contributed by atoms with Crippen LogP contribution in [0, 0.1) is 0 Å². The number of carbonyl (C=O) groups excluding carboxylic acids is 1. The van der Waals surface area contributed by atoms with Gasteiger partial charge in [-0.1, -0.05) is 13.8 Å². The zero-order valence-electron chi connectivity index (χ0n) is 16.7. The van der Waals surface area contributed by atoms with Crippen LogP contribution < -0.4 is 10.5 Å².